The summed E-state index contributed by atoms with van der Waals surface area (Å²) in [5.41, 5.74) is -19.3. The number of nitrogens with zero attached hydrogens (tertiary/aromatic N) is 2. The molecule has 2 N–H and O–H groups in total. The van der Waals surface area contributed by atoms with Gasteiger partial charge in [0.1, 0.15) is 13.2 Å². The van der Waals surface area contributed by atoms with Gasteiger partial charge in [-0.15, -0.1) is 12.8 Å². The van der Waals surface area contributed by atoms with Crippen molar-refractivity contribution < 1.29 is 88.5 Å². The van der Waals surface area contributed by atoms with Crippen LogP contribution in [0.1, 0.15) is 22.8 Å². The second-order valence-electron chi connectivity index (χ2n) is 15.3. The van der Waals surface area contributed by atoms with Gasteiger partial charge in [-0.05, 0) is 48.6 Å². The number of H-pyrrole nitrogens is 2. The van der Waals surface area contributed by atoms with Gasteiger partial charge in [-0.3, -0.25) is 0 Å². The van der Waals surface area contributed by atoms with Crippen molar-refractivity contribution in [3.63, 3.8) is 0 Å². The number of nitrogens with one attached hydrogen (secondary N) is 2. The molecular weight excluding hydrogens is 1030 g/mol. The number of hydrogen-bond acceptors (Lipinski definition) is 4. The van der Waals surface area contributed by atoms with E-state index in [0.717, 1.165) is 12.1 Å². The Balaban J connectivity index is 1.57. The van der Waals surface area contributed by atoms with Gasteiger partial charge in [0.15, 0.2) is 81.3 Å². The van der Waals surface area contributed by atoms with Crippen LogP contribution in [-0.2, 0) is 0 Å². The number of benzene rings is 4. The first-order valence-corrected chi connectivity index (χ1v) is 20.2. The van der Waals surface area contributed by atoms with Crippen molar-refractivity contribution in [1.82, 2.24) is 19.9 Å². The molecule has 2 aliphatic rings. The van der Waals surface area contributed by atoms with E-state index in [1.165, 1.54) is 0 Å². The number of hydrogen-bond donors (Lipinski definition) is 2. The van der Waals surface area contributed by atoms with Crippen LogP contribution < -0.4 is 9.47 Å². The Bertz CT molecular complexity index is 3630. The molecule has 0 spiro atoms. The van der Waals surface area contributed by atoms with Crippen molar-refractivity contribution in [2.24, 2.45) is 0 Å². The fourth-order valence-electron chi connectivity index (χ4n) is 8.05. The predicted molar refractivity (Wildman–Crippen MR) is 229 cm³/mol. The Morgan fingerprint density at radius 3 is 0.730 bits per heavy atom. The van der Waals surface area contributed by atoms with Crippen molar-refractivity contribution in [3.8, 4) is 80.7 Å². The zero-order valence-corrected chi connectivity index (χ0v) is 35.7. The highest BCUT2D eigenvalue weighted by Gasteiger charge is 2.36. The molecule has 0 amide bonds. The number of aromatic nitrogens is 4. The third kappa shape index (κ3) is 7.54. The molecule has 8 bridgehead atoms. The Kier molecular flexibility index (Phi) is 12.5. The third-order valence-corrected chi connectivity index (χ3v) is 11.2. The van der Waals surface area contributed by atoms with Crippen LogP contribution >= 0.6 is 0 Å². The molecule has 0 fully saturated rings. The van der Waals surface area contributed by atoms with Gasteiger partial charge in [-0.2, -0.15) is 17.6 Å². The number of aromatic amines is 2. The van der Waals surface area contributed by atoms with E-state index in [-0.39, 0.29) is 0 Å². The zero-order valence-electron chi connectivity index (χ0n) is 35.7. The van der Waals surface area contributed by atoms with E-state index in [1.54, 1.807) is 11.8 Å². The fraction of sp³-hybridized carbons (Fsp3) is 0.0400. The van der Waals surface area contributed by atoms with Gasteiger partial charge in [-0.1, -0.05) is 11.8 Å². The van der Waals surface area contributed by atoms with Crippen LogP contribution in [0, 0.1) is 129 Å². The molecule has 24 heteroatoms. The first-order chi connectivity index (χ1) is 35.2. The Labute approximate surface area is 399 Å². The molecule has 3 aromatic heterocycles. The Hall–Kier alpha value is -9.06. The van der Waals surface area contributed by atoms with Gasteiger partial charge in [-0.25, -0.2) is 71.4 Å². The van der Waals surface area contributed by atoms with Crippen molar-refractivity contribution in [2.45, 2.75) is 0 Å². The second-order valence-corrected chi connectivity index (χ2v) is 15.3. The maximum atomic E-state index is 16.4. The lowest BCUT2D eigenvalue weighted by molar-refractivity contribution is 0.307. The summed E-state index contributed by atoms with van der Waals surface area (Å²) in [6.45, 7) is -1.93. The first kappa shape index (κ1) is 49.9. The monoisotopic (exact) mass is 1050 g/mol. The van der Waals surface area contributed by atoms with Crippen molar-refractivity contribution in [2.75, 3.05) is 13.2 Å². The molecule has 374 valence electrons. The average Bonchev–Trinajstić information content (AvgIpc) is 4.25. The number of rotatable bonds is 8. The van der Waals surface area contributed by atoms with Crippen LogP contribution in [-0.4, -0.2) is 33.1 Å². The quantitative estimate of drug-likeness (QED) is 0.0688. The maximum absolute atomic E-state index is 16.4. The fourth-order valence-corrected chi connectivity index (χ4v) is 8.05. The van der Waals surface area contributed by atoms with Gasteiger partial charge in [0.2, 0.25) is 34.9 Å². The molecule has 9 rings (SSSR count). The zero-order chi connectivity index (χ0) is 53.5. The topological polar surface area (TPSA) is 75.8 Å². The molecule has 4 aromatic carbocycles. The number of ether oxygens (including phenoxy) is 2. The minimum Gasteiger partial charge on any atom is -0.475 e. The van der Waals surface area contributed by atoms with Crippen molar-refractivity contribution >= 4 is 46.4 Å². The smallest absolute Gasteiger partial charge is 0.204 e. The van der Waals surface area contributed by atoms with Crippen molar-refractivity contribution in [1.29, 1.82) is 0 Å². The molecule has 0 radical (unpaired) electrons. The number of terminal acetylenes is 2. The van der Waals surface area contributed by atoms with Gasteiger partial charge in [0.25, 0.3) is 0 Å². The average molecular weight is 1050 g/mol. The van der Waals surface area contributed by atoms with E-state index in [1.807, 2.05) is 0 Å². The minimum atomic E-state index is -2.70. The van der Waals surface area contributed by atoms with Crippen LogP contribution in [0.15, 0.2) is 24.3 Å². The number of fused-ring (bicyclic) bond motifs is 8. The summed E-state index contributed by atoms with van der Waals surface area (Å²) in [5, 5.41) is 0. The lowest BCUT2D eigenvalue weighted by Gasteiger charge is -2.14. The summed E-state index contributed by atoms with van der Waals surface area (Å²) in [4.78, 5) is 12.8. The van der Waals surface area contributed by atoms with Gasteiger partial charge >= 0.3 is 0 Å². The van der Waals surface area contributed by atoms with E-state index in [0.29, 0.717) is 36.4 Å². The molecule has 0 saturated carbocycles. The molecule has 0 atom stereocenters. The third-order valence-electron chi connectivity index (χ3n) is 11.2. The molecule has 0 saturated heterocycles. The summed E-state index contributed by atoms with van der Waals surface area (Å²) in [7, 11) is 0. The normalized spacial score (nSPS) is 11.9. The molecule has 5 heterocycles. The molecule has 6 nitrogen and oxygen atoms in total. The molecular formula is C50H16F18N4O2. The minimum absolute atomic E-state index is 0.662. The van der Waals surface area contributed by atoms with E-state index < -0.39 is 219 Å². The molecule has 0 aliphatic carbocycles. The van der Waals surface area contributed by atoms with Crippen molar-refractivity contribution in [3.05, 3.63) is 152 Å². The van der Waals surface area contributed by atoms with E-state index in [2.05, 4.69) is 29.4 Å². The largest absolute Gasteiger partial charge is 0.475 e. The van der Waals surface area contributed by atoms with Crippen LogP contribution in [0.2, 0.25) is 0 Å². The summed E-state index contributed by atoms with van der Waals surface area (Å²) in [6, 6.07) is 2.79. The van der Waals surface area contributed by atoms with Crippen LogP contribution in [0.4, 0.5) is 79.0 Å². The van der Waals surface area contributed by atoms with Crippen LogP contribution in [0.3, 0.4) is 0 Å². The Morgan fingerprint density at radius 1 is 0.311 bits per heavy atom. The highest BCUT2D eigenvalue weighted by Crippen LogP contribution is 2.46. The maximum Gasteiger partial charge on any atom is 0.204 e. The van der Waals surface area contributed by atoms with Crippen LogP contribution in [0.25, 0.3) is 90.9 Å². The lowest BCUT2D eigenvalue weighted by atomic mass is 10.0. The van der Waals surface area contributed by atoms with E-state index in [9.17, 15) is 8.78 Å². The molecule has 0 unspecified atom stereocenters. The lowest BCUT2D eigenvalue weighted by Crippen LogP contribution is -2.07. The predicted octanol–water partition coefficient (Wildman–Crippen LogP) is 13.9. The first-order valence-electron chi connectivity index (χ1n) is 20.2. The molecule has 7 aromatic rings. The van der Waals surface area contributed by atoms with E-state index in [4.69, 9.17) is 12.8 Å². The Morgan fingerprint density at radius 2 is 0.514 bits per heavy atom. The summed E-state index contributed by atoms with van der Waals surface area (Å²) < 4.78 is 291. The standard InChI is InChI=1S/C50H16F18N4O2/c1-3-13-73-49-45(65)35(55)29(36(56)46(49)66)25-19-9-7-17(70-19)23(27-31(51)39(59)43(63)40(60)32(27)52)15-5-6-16(69-15)24(28-33(53)41(61)44(64)42(62)34(28)54)18-8-10-20(71-18)26(22-12-11-21(25)72-22)30-37(57)47(67)50(74-14-4-2)48(68)38(30)58/h1-2,5-12,69,72H,13-14H2. The van der Waals surface area contributed by atoms with Crippen LogP contribution in [0.5, 0.6) is 11.5 Å². The molecule has 74 heavy (non-hydrogen) atoms. The van der Waals surface area contributed by atoms with Gasteiger partial charge < -0.3 is 19.4 Å². The second kappa shape index (κ2) is 18.5. The van der Waals surface area contributed by atoms with Gasteiger partial charge in [0, 0.05) is 44.3 Å². The number of halogens is 18. The highest BCUT2D eigenvalue weighted by atomic mass is 19.2. The summed E-state index contributed by atoms with van der Waals surface area (Å²) in [5.74, 6) is -44.1. The highest BCUT2D eigenvalue weighted by molar-refractivity contribution is 6.00. The molecule has 2 aliphatic heterocycles. The SMILES string of the molecule is C#CCOc1c(F)c(F)c(-c2c3nc(c(-c4c(F)c(F)c(F)c(F)c4F)c4ccc([nH]4)c(-c4c(F)c(F)c(F)c(F)c4F)c4nc(c(-c5c(F)c(F)c(OCC#C)c(F)c5F)c5ccc2[nH]5)C=C4)C=C3)c(F)c1F. The van der Waals surface area contributed by atoms with Gasteiger partial charge in [0.05, 0.1) is 45.0 Å². The summed E-state index contributed by atoms with van der Waals surface area (Å²) in [6.07, 6.45) is 12.8. The summed E-state index contributed by atoms with van der Waals surface area (Å²) >= 11 is 0. The van der Waals surface area contributed by atoms with E-state index >= 15 is 70.2 Å².